The normalized spacial score (nSPS) is 18.2. The molecule has 11 heteroatoms. The minimum Gasteiger partial charge on any atom is -0.494 e. The molecule has 7 nitrogen and oxygen atoms in total. The number of halogens is 4. The van der Waals surface area contributed by atoms with E-state index in [1.807, 2.05) is 6.07 Å². The highest BCUT2D eigenvalue weighted by Crippen LogP contribution is 2.43. The minimum atomic E-state index is -5.19. The van der Waals surface area contributed by atoms with Crippen molar-refractivity contribution in [3.8, 4) is 5.75 Å². The van der Waals surface area contributed by atoms with E-state index in [1.54, 1.807) is 33.2 Å². The highest BCUT2D eigenvalue weighted by molar-refractivity contribution is 6.34. The van der Waals surface area contributed by atoms with Gasteiger partial charge in [-0.2, -0.15) is 13.2 Å². The molecule has 0 radical (unpaired) electrons. The summed E-state index contributed by atoms with van der Waals surface area (Å²) in [6.45, 7) is 3.88. The van der Waals surface area contributed by atoms with E-state index in [1.165, 1.54) is 17.0 Å². The second kappa shape index (κ2) is 11.9. The quantitative estimate of drug-likeness (QED) is 0.477. The Morgan fingerprint density at radius 2 is 1.75 bits per heavy atom. The van der Waals surface area contributed by atoms with Crippen LogP contribution in [0, 0.1) is 11.8 Å². The van der Waals surface area contributed by atoms with Gasteiger partial charge in [0.25, 0.3) is 17.4 Å². The number of ether oxygens (including phenoxy) is 1. The van der Waals surface area contributed by atoms with Gasteiger partial charge in [0.15, 0.2) is 0 Å². The van der Waals surface area contributed by atoms with E-state index < -0.39 is 23.2 Å². The van der Waals surface area contributed by atoms with Crippen molar-refractivity contribution >= 4 is 29.1 Å². The fourth-order valence-corrected chi connectivity index (χ4v) is 5.77. The van der Waals surface area contributed by atoms with Crippen LogP contribution < -0.4 is 9.64 Å². The van der Waals surface area contributed by atoms with Crippen LogP contribution in [0.1, 0.15) is 42.1 Å². The van der Waals surface area contributed by atoms with Gasteiger partial charge >= 0.3 is 6.18 Å². The molecule has 2 aliphatic heterocycles. The number of alkyl halides is 3. The summed E-state index contributed by atoms with van der Waals surface area (Å²) in [5.74, 6) is -0.890. The first-order valence-electron chi connectivity index (χ1n) is 13.4. The number of carbonyl (C=O) groups excluding carboxylic acids is 2. The number of nitrogens with zero attached hydrogens (tertiary/aromatic N) is 3. The van der Waals surface area contributed by atoms with E-state index in [9.17, 15) is 27.9 Å². The van der Waals surface area contributed by atoms with Gasteiger partial charge in [-0.25, -0.2) is 0 Å². The van der Waals surface area contributed by atoms with Crippen molar-refractivity contribution < 1.29 is 32.6 Å². The number of likely N-dealkylation sites (tertiary alicyclic amines) is 1. The molecule has 2 amide bonds. The third kappa shape index (κ3) is 6.02. The number of hydrogen-bond donors (Lipinski definition) is 1. The third-order valence-electron chi connectivity index (χ3n) is 7.76. The summed E-state index contributed by atoms with van der Waals surface area (Å²) in [4.78, 5) is 30.0. The molecule has 0 saturated carbocycles. The molecule has 1 N–H and O–H groups in total. The van der Waals surface area contributed by atoms with E-state index in [-0.39, 0.29) is 37.3 Å². The van der Waals surface area contributed by atoms with Gasteiger partial charge in [0.05, 0.1) is 17.2 Å². The zero-order chi connectivity index (χ0) is 29.2. The van der Waals surface area contributed by atoms with E-state index in [0.717, 1.165) is 55.1 Å². The molecule has 2 heterocycles. The van der Waals surface area contributed by atoms with Gasteiger partial charge in [0, 0.05) is 51.5 Å². The molecule has 2 aliphatic rings. The van der Waals surface area contributed by atoms with Crippen LogP contribution in [-0.4, -0.2) is 79.8 Å². The number of piperidine rings is 1. The molecule has 4 rings (SSSR count). The minimum absolute atomic E-state index is 0.0820. The molecule has 1 atom stereocenters. The summed E-state index contributed by atoms with van der Waals surface area (Å²) in [6.07, 6.45) is -2.58. The van der Waals surface area contributed by atoms with E-state index in [2.05, 4.69) is 4.90 Å². The maximum Gasteiger partial charge on any atom is 0.430 e. The van der Waals surface area contributed by atoms with Crippen LogP contribution in [0.5, 0.6) is 5.75 Å². The Morgan fingerprint density at radius 3 is 2.33 bits per heavy atom. The van der Waals surface area contributed by atoms with Crippen LogP contribution in [0.15, 0.2) is 42.5 Å². The Kier molecular flexibility index (Phi) is 8.89. The number of aliphatic hydroxyl groups is 1. The topological polar surface area (TPSA) is 73.3 Å². The third-order valence-corrected chi connectivity index (χ3v) is 8.08. The Bertz CT molecular complexity index is 1230. The monoisotopic (exact) mass is 581 g/mol. The number of benzene rings is 2. The molecule has 1 unspecified atom stereocenters. The zero-order valence-electron chi connectivity index (χ0n) is 22.9. The average molecular weight is 582 g/mol. The maximum atomic E-state index is 14.1. The van der Waals surface area contributed by atoms with Gasteiger partial charge in [-0.3, -0.25) is 9.59 Å². The van der Waals surface area contributed by atoms with Crippen LogP contribution in [0.3, 0.4) is 0 Å². The Morgan fingerprint density at radius 1 is 1.07 bits per heavy atom. The number of rotatable bonds is 8. The first-order valence-corrected chi connectivity index (χ1v) is 13.8. The van der Waals surface area contributed by atoms with E-state index >= 15 is 0 Å². The fraction of sp³-hybridized carbons (Fsp3) is 0.517. The molecule has 0 bridgehead atoms. The van der Waals surface area contributed by atoms with Crippen LogP contribution in [0.4, 0.5) is 18.9 Å². The molecular formula is C29H35ClF3N3O4. The van der Waals surface area contributed by atoms with Crippen LogP contribution >= 0.6 is 11.6 Å². The second-order valence-corrected chi connectivity index (χ2v) is 11.2. The Labute approximate surface area is 237 Å². The van der Waals surface area contributed by atoms with Gasteiger partial charge in [-0.1, -0.05) is 23.7 Å². The van der Waals surface area contributed by atoms with Crippen LogP contribution in [0.2, 0.25) is 5.02 Å². The summed E-state index contributed by atoms with van der Waals surface area (Å²) in [5, 5.41) is 11.2. The van der Waals surface area contributed by atoms with Crippen molar-refractivity contribution in [1.82, 2.24) is 9.80 Å². The highest BCUT2D eigenvalue weighted by atomic mass is 35.5. The molecule has 0 spiro atoms. The van der Waals surface area contributed by atoms with Gasteiger partial charge in [-0.15, -0.1) is 0 Å². The maximum absolute atomic E-state index is 14.1. The molecule has 2 saturated heterocycles. The molecule has 2 aromatic carbocycles. The summed E-state index contributed by atoms with van der Waals surface area (Å²) >= 11 is 6.37. The Hall–Kier alpha value is -2.98. The predicted octanol–water partition coefficient (Wildman–Crippen LogP) is 4.96. The summed E-state index contributed by atoms with van der Waals surface area (Å²) < 4.78 is 47.5. The Balaban J connectivity index is 1.32. The molecule has 40 heavy (non-hydrogen) atoms. The summed E-state index contributed by atoms with van der Waals surface area (Å²) in [5.41, 5.74) is -2.79. The van der Waals surface area contributed by atoms with Gasteiger partial charge in [-0.05, 0) is 68.4 Å². The van der Waals surface area contributed by atoms with Gasteiger partial charge in [0.2, 0.25) is 0 Å². The average Bonchev–Trinajstić information content (AvgIpc) is 2.89. The van der Waals surface area contributed by atoms with E-state index in [4.69, 9.17) is 16.3 Å². The lowest BCUT2D eigenvalue weighted by Gasteiger charge is -2.45. The number of anilines is 1. The molecular weight excluding hydrogens is 547 g/mol. The van der Waals surface area contributed by atoms with E-state index in [0.29, 0.717) is 16.5 Å². The van der Waals surface area contributed by atoms with Crippen molar-refractivity contribution in [3.05, 3.63) is 58.6 Å². The van der Waals surface area contributed by atoms with Crippen molar-refractivity contribution in [2.45, 2.75) is 38.0 Å². The number of hydrogen-bond acceptors (Lipinski definition) is 5. The van der Waals surface area contributed by atoms with Crippen molar-refractivity contribution in [3.63, 3.8) is 0 Å². The van der Waals surface area contributed by atoms with Crippen molar-refractivity contribution in [2.75, 3.05) is 51.8 Å². The lowest BCUT2D eigenvalue weighted by molar-refractivity contribution is -0.264. The van der Waals surface area contributed by atoms with Crippen molar-refractivity contribution in [2.24, 2.45) is 11.8 Å². The van der Waals surface area contributed by atoms with Crippen LogP contribution in [-0.2, 0) is 10.4 Å². The lowest BCUT2D eigenvalue weighted by atomic mass is 9.82. The first-order chi connectivity index (χ1) is 18.8. The zero-order valence-corrected chi connectivity index (χ0v) is 23.6. The fourth-order valence-electron chi connectivity index (χ4n) is 5.51. The molecule has 0 aromatic heterocycles. The second-order valence-electron chi connectivity index (χ2n) is 10.8. The summed E-state index contributed by atoms with van der Waals surface area (Å²) in [6, 6.07) is 10.4. The lowest BCUT2D eigenvalue weighted by Crippen LogP contribution is -2.61. The number of carbonyl (C=O) groups is 2. The standard InChI is InChI=1S/C29H35ClF3N3O4/c1-4-40-23-7-5-6-21(15-23)28(39,29(31,32)33)27(38)36-17-20(18-36)14-19-10-12-35(13-11-19)22-8-9-24(25(30)16-22)26(37)34(2)3/h5-9,15-16,19-20,39H,4,10-14,17-18H2,1-3H3. The van der Waals surface area contributed by atoms with Crippen molar-refractivity contribution in [1.29, 1.82) is 0 Å². The van der Waals surface area contributed by atoms with Gasteiger partial charge in [0.1, 0.15) is 5.75 Å². The molecule has 0 aliphatic carbocycles. The van der Waals surface area contributed by atoms with Crippen LogP contribution in [0.25, 0.3) is 0 Å². The van der Waals surface area contributed by atoms with Gasteiger partial charge < -0.3 is 24.5 Å². The molecule has 218 valence electrons. The summed E-state index contributed by atoms with van der Waals surface area (Å²) in [7, 11) is 3.35. The smallest absolute Gasteiger partial charge is 0.430 e. The first kappa shape index (κ1) is 30.0. The predicted molar refractivity (Wildman–Crippen MR) is 147 cm³/mol. The largest absolute Gasteiger partial charge is 0.494 e. The SMILES string of the molecule is CCOc1cccc(C(O)(C(=O)N2CC(CC3CCN(c4ccc(C(=O)N(C)C)c(Cl)c4)CC3)C2)C(F)(F)F)c1. The molecule has 2 aromatic rings. The molecule has 2 fully saturated rings. The highest BCUT2D eigenvalue weighted by Gasteiger charge is 2.63. The number of amides is 2.